The van der Waals surface area contributed by atoms with Gasteiger partial charge < -0.3 is 14.4 Å². The molecule has 33 heavy (non-hydrogen) atoms. The van der Waals surface area contributed by atoms with Crippen LogP contribution in [-0.4, -0.2) is 35.6 Å². The summed E-state index contributed by atoms with van der Waals surface area (Å²) in [6.07, 6.45) is 6.83. The SMILES string of the molecule is CC12CCC(=O)N(Cc3ccc(Br)cc3)C1=CCC1C3CCC4(OCCO4)C3(C)CC(=O)[C@@H]12. The summed E-state index contributed by atoms with van der Waals surface area (Å²) in [4.78, 5) is 28.9. The molecule has 2 saturated heterocycles. The van der Waals surface area contributed by atoms with Gasteiger partial charge in [-0.3, -0.25) is 9.59 Å². The Bertz CT molecular complexity index is 1030. The molecule has 0 N–H and O–H groups in total. The summed E-state index contributed by atoms with van der Waals surface area (Å²) in [5, 5.41) is 0. The van der Waals surface area contributed by atoms with Crippen molar-refractivity contribution in [3.8, 4) is 0 Å². The van der Waals surface area contributed by atoms with E-state index in [4.69, 9.17) is 9.47 Å². The Morgan fingerprint density at radius 2 is 1.82 bits per heavy atom. The van der Waals surface area contributed by atoms with Crippen LogP contribution in [0, 0.1) is 28.6 Å². The van der Waals surface area contributed by atoms with Crippen molar-refractivity contribution in [1.29, 1.82) is 0 Å². The van der Waals surface area contributed by atoms with Crippen LogP contribution >= 0.6 is 15.9 Å². The number of carbonyl (C=O) groups excluding carboxylic acids is 2. The minimum Gasteiger partial charge on any atom is -0.347 e. The number of hydrogen-bond donors (Lipinski definition) is 0. The second-order valence-corrected chi connectivity index (χ2v) is 12.1. The van der Waals surface area contributed by atoms with Crippen molar-refractivity contribution in [3.63, 3.8) is 0 Å². The molecular formula is C27H32BrNO4. The molecule has 1 aromatic rings. The van der Waals surface area contributed by atoms with Gasteiger partial charge in [-0.1, -0.05) is 48.0 Å². The first-order chi connectivity index (χ1) is 15.8. The predicted molar refractivity (Wildman–Crippen MR) is 127 cm³/mol. The maximum atomic E-state index is 13.9. The molecule has 1 amide bonds. The first kappa shape index (κ1) is 22.0. The average Bonchev–Trinajstić information content (AvgIpc) is 3.37. The molecule has 2 saturated carbocycles. The molecule has 1 spiro atoms. The van der Waals surface area contributed by atoms with Crippen molar-refractivity contribution in [2.75, 3.05) is 13.2 Å². The number of rotatable bonds is 2. The third kappa shape index (κ3) is 3.02. The van der Waals surface area contributed by atoms with Gasteiger partial charge in [-0.05, 0) is 48.8 Å². The Morgan fingerprint density at radius 3 is 2.55 bits per heavy atom. The Balaban J connectivity index is 1.35. The lowest BCUT2D eigenvalue weighted by molar-refractivity contribution is -0.238. The van der Waals surface area contributed by atoms with E-state index < -0.39 is 5.79 Å². The van der Waals surface area contributed by atoms with Gasteiger partial charge in [0.1, 0.15) is 5.78 Å². The van der Waals surface area contributed by atoms with Crippen LogP contribution in [0.4, 0.5) is 0 Å². The third-order valence-corrected chi connectivity index (χ3v) is 10.1. The second-order valence-electron chi connectivity index (χ2n) is 11.1. The van der Waals surface area contributed by atoms with Crippen LogP contribution in [0.2, 0.25) is 0 Å². The zero-order valence-electron chi connectivity index (χ0n) is 19.4. The molecule has 0 bridgehead atoms. The molecule has 4 unspecified atom stereocenters. The fourth-order valence-corrected chi connectivity index (χ4v) is 8.37. The molecule has 176 valence electrons. The molecule has 0 aromatic heterocycles. The van der Waals surface area contributed by atoms with E-state index in [0.717, 1.165) is 41.4 Å². The summed E-state index contributed by atoms with van der Waals surface area (Å²) in [5.74, 6) is 0.586. The molecule has 5 atom stereocenters. The van der Waals surface area contributed by atoms with Crippen molar-refractivity contribution < 1.29 is 19.1 Å². The van der Waals surface area contributed by atoms with Gasteiger partial charge in [0.25, 0.3) is 0 Å². The van der Waals surface area contributed by atoms with Gasteiger partial charge in [0, 0.05) is 46.2 Å². The molecule has 0 radical (unpaired) electrons. The number of hydrogen-bond acceptors (Lipinski definition) is 4. The molecule has 6 rings (SSSR count). The van der Waals surface area contributed by atoms with Crippen molar-refractivity contribution >= 4 is 27.6 Å². The summed E-state index contributed by atoms with van der Waals surface area (Å²) in [6.45, 7) is 6.28. The minimum absolute atomic E-state index is 0.0346. The van der Waals surface area contributed by atoms with Gasteiger partial charge in [0.15, 0.2) is 5.79 Å². The van der Waals surface area contributed by atoms with E-state index in [1.54, 1.807) is 0 Å². The fourth-order valence-electron chi connectivity index (χ4n) is 8.11. The van der Waals surface area contributed by atoms with E-state index in [0.29, 0.717) is 50.2 Å². The summed E-state index contributed by atoms with van der Waals surface area (Å²) in [5.41, 5.74) is 1.62. The fraction of sp³-hybridized carbons (Fsp3) is 0.630. The molecule has 2 heterocycles. The zero-order chi connectivity index (χ0) is 23.0. The summed E-state index contributed by atoms with van der Waals surface area (Å²) < 4.78 is 13.4. The summed E-state index contributed by atoms with van der Waals surface area (Å²) in [7, 11) is 0. The topological polar surface area (TPSA) is 55.8 Å². The molecule has 4 fully saturated rings. The molecule has 5 nitrogen and oxygen atoms in total. The Morgan fingerprint density at radius 1 is 1.09 bits per heavy atom. The van der Waals surface area contributed by atoms with Gasteiger partial charge >= 0.3 is 0 Å². The van der Waals surface area contributed by atoms with E-state index in [9.17, 15) is 9.59 Å². The molecule has 5 aliphatic rings. The Kier molecular flexibility index (Phi) is 5.00. The number of nitrogens with zero attached hydrogens (tertiary/aromatic N) is 1. The lowest BCUT2D eigenvalue weighted by Gasteiger charge is -2.58. The van der Waals surface area contributed by atoms with Crippen LogP contribution < -0.4 is 0 Å². The predicted octanol–water partition coefficient (Wildman–Crippen LogP) is 5.23. The average molecular weight is 514 g/mol. The van der Waals surface area contributed by atoms with Gasteiger partial charge in [-0.2, -0.15) is 0 Å². The van der Waals surface area contributed by atoms with Crippen molar-refractivity contribution in [1.82, 2.24) is 4.90 Å². The van der Waals surface area contributed by atoms with Crippen LogP contribution in [0.15, 0.2) is 40.5 Å². The minimum atomic E-state index is -0.584. The number of ether oxygens (including phenoxy) is 2. The molecule has 1 aromatic carbocycles. The number of piperidine rings is 1. The number of fused-ring (bicyclic) bond motifs is 6. The van der Waals surface area contributed by atoms with Crippen LogP contribution in [0.25, 0.3) is 0 Å². The normalized spacial score (nSPS) is 39.3. The van der Waals surface area contributed by atoms with Crippen molar-refractivity contribution in [2.45, 2.75) is 64.7 Å². The number of ketones is 1. The van der Waals surface area contributed by atoms with Gasteiger partial charge in [-0.15, -0.1) is 0 Å². The summed E-state index contributed by atoms with van der Waals surface area (Å²) >= 11 is 3.49. The van der Waals surface area contributed by atoms with E-state index in [1.807, 2.05) is 17.0 Å². The van der Waals surface area contributed by atoms with E-state index in [2.05, 4.69) is 48.0 Å². The number of Topliss-reactive ketones (excluding diaryl/α,β-unsaturated/α-hetero) is 1. The number of amides is 1. The van der Waals surface area contributed by atoms with Gasteiger partial charge in [0.05, 0.1) is 19.8 Å². The second kappa shape index (κ2) is 7.50. The van der Waals surface area contributed by atoms with Crippen LogP contribution in [0.1, 0.15) is 57.9 Å². The Labute approximate surface area is 204 Å². The molecule has 6 heteroatoms. The number of carbonyl (C=O) groups is 2. The number of likely N-dealkylation sites (tertiary alicyclic amines) is 1. The van der Waals surface area contributed by atoms with Crippen molar-refractivity contribution in [3.05, 3.63) is 46.1 Å². The third-order valence-electron chi connectivity index (χ3n) is 9.62. The van der Waals surface area contributed by atoms with Crippen LogP contribution in [0.5, 0.6) is 0 Å². The zero-order valence-corrected chi connectivity index (χ0v) is 21.0. The number of benzene rings is 1. The van der Waals surface area contributed by atoms with Gasteiger partial charge in [-0.25, -0.2) is 0 Å². The van der Waals surface area contributed by atoms with Gasteiger partial charge in [0.2, 0.25) is 5.91 Å². The molecule has 2 aliphatic heterocycles. The maximum Gasteiger partial charge on any atom is 0.227 e. The molecule has 3 aliphatic carbocycles. The highest BCUT2D eigenvalue weighted by atomic mass is 79.9. The van der Waals surface area contributed by atoms with E-state index in [-0.39, 0.29) is 22.7 Å². The summed E-state index contributed by atoms with van der Waals surface area (Å²) in [6, 6.07) is 8.16. The van der Waals surface area contributed by atoms with E-state index in [1.165, 1.54) is 0 Å². The van der Waals surface area contributed by atoms with E-state index >= 15 is 0 Å². The quantitative estimate of drug-likeness (QED) is 0.543. The highest BCUT2D eigenvalue weighted by Crippen LogP contribution is 2.67. The highest BCUT2D eigenvalue weighted by Gasteiger charge is 2.69. The standard InChI is InChI=1S/C27H32BrNO4/c1-25-11-10-23(31)29(16-17-3-5-18(28)6-4-17)22(25)8-7-19-20-9-12-27(32-13-14-33-27)26(20,2)15-21(30)24(19)25/h3-6,8,19-20,24H,7,9-16H2,1-2H3/t19?,20?,24-,25?,26?/m1/s1. The van der Waals surface area contributed by atoms with Crippen LogP contribution in [0.3, 0.4) is 0 Å². The number of allylic oxidation sites excluding steroid dienone is 2. The first-order valence-corrected chi connectivity index (χ1v) is 13.1. The lowest BCUT2D eigenvalue weighted by atomic mass is 9.49. The number of halogens is 1. The van der Waals surface area contributed by atoms with Crippen molar-refractivity contribution in [2.24, 2.45) is 28.6 Å². The molecular weight excluding hydrogens is 482 g/mol. The first-order valence-electron chi connectivity index (χ1n) is 12.3. The largest absolute Gasteiger partial charge is 0.347 e. The lowest BCUT2D eigenvalue weighted by Crippen LogP contribution is -2.60. The smallest absolute Gasteiger partial charge is 0.227 e. The monoisotopic (exact) mass is 513 g/mol. The highest BCUT2D eigenvalue weighted by molar-refractivity contribution is 9.10. The Hall–Kier alpha value is -1.50. The van der Waals surface area contributed by atoms with Crippen LogP contribution in [-0.2, 0) is 25.6 Å². The maximum absolute atomic E-state index is 13.9.